The standard InChI is InChI=1S/C18H15ClN2O2/c19-15-5-6-17-14(10-15)9-13(12-23-17)4-7-18(22)21-11-16-3-1-2-8-20-16/h1-10H,11-12H2,(H,21,22). The smallest absolute Gasteiger partial charge is 0.244 e. The molecule has 1 aromatic carbocycles. The molecule has 116 valence electrons. The summed E-state index contributed by atoms with van der Waals surface area (Å²) in [5.74, 6) is 0.625. The van der Waals surface area contributed by atoms with Gasteiger partial charge in [0.15, 0.2) is 0 Å². The molecule has 2 heterocycles. The van der Waals surface area contributed by atoms with Crippen molar-refractivity contribution in [1.82, 2.24) is 10.3 Å². The zero-order valence-corrected chi connectivity index (χ0v) is 13.1. The number of rotatable bonds is 4. The number of nitrogens with zero attached hydrogens (tertiary/aromatic N) is 1. The minimum Gasteiger partial charge on any atom is -0.488 e. The Morgan fingerprint density at radius 1 is 1.35 bits per heavy atom. The van der Waals surface area contributed by atoms with Crippen molar-refractivity contribution in [3.8, 4) is 5.75 Å². The molecule has 0 bridgehead atoms. The van der Waals surface area contributed by atoms with E-state index in [1.807, 2.05) is 36.4 Å². The first-order chi connectivity index (χ1) is 11.2. The summed E-state index contributed by atoms with van der Waals surface area (Å²) in [7, 11) is 0. The molecule has 0 aliphatic carbocycles. The highest BCUT2D eigenvalue weighted by Gasteiger charge is 2.10. The monoisotopic (exact) mass is 326 g/mol. The maximum absolute atomic E-state index is 11.8. The Kier molecular flexibility index (Phi) is 4.74. The third kappa shape index (κ3) is 4.20. The fraction of sp³-hybridized carbons (Fsp3) is 0.111. The SMILES string of the molecule is O=C(C=CC1=Cc2cc(Cl)ccc2OC1)NCc1ccccn1. The number of nitrogens with one attached hydrogen (secondary N) is 1. The molecule has 0 saturated carbocycles. The molecule has 3 rings (SSSR count). The first-order valence-corrected chi connectivity index (χ1v) is 7.57. The van der Waals surface area contributed by atoms with Gasteiger partial charge in [-0.15, -0.1) is 0 Å². The van der Waals surface area contributed by atoms with E-state index in [1.165, 1.54) is 6.08 Å². The Hall–Kier alpha value is -2.59. The quantitative estimate of drug-likeness (QED) is 0.876. The molecule has 0 spiro atoms. The molecule has 1 aromatic heterocycles. The number of amides is 1. The van der Waals surface area contributed by atoms with E-state index in [4.69, 9.17) is 16.3 Å². The lowest BCUT2D eigenvalue weighted by Crippen LogP contribution is -2.21. The Morgan fingerprint density at radius 3 is 3.09 bits per heavy atom. The Morgan fingerprint density at radius 2 is 2.26 bits per heavy atom. The molecule has 23 heavy (non-hydrogen) atoms. The van der Waals surface area contributed by atoms with Crippen molar-refractivity contribution >= 4 is 23.6 Å². The van der Waals surface area contributed by atoms with E-state index in [1.54, 1.807) is 18.3 Å². The average Bonchev–Trinajstić information content (AvgIpc) is 2.58. The molecule has 1 aliphatic heterocycles. The van der Waals surface area contributed by atoms with Gasteiger partial charge in [0.25, 0.3) is 0 Å². The predicted molar refractivity (Wildman–Crippen MR) is 90.1 cm³/mol. The largest absolute Gasteiger partial charge is 0.488 e. The van der Waals surface area contributed by atoms with Crippen LogP contribution in [0.2, 0.25) is 5.02 Å². The van der Waals surface area contributed by atoms with Crippen molar-refractivity contribution in [3.63, 3.8) is 0 Å². The van der Waals surface area contributed by atoms with Crippen LogP contribution in [-0.2, 0) is 11.3 Å². The van der Waals surface area contributed by atoms with Crippen LogP contribution in [0.4, 0.5) is 0 Å². The fourth-order valence-corrected chi connectivity index (χ4v) is 2.36. The lowest BCUT2D eigenvalue weighted by atomic mass is 10.1. The number of benzene rings is 1. The average molecular weight is 327 g/mol. The van der Waals surface area contributed by atoms with E-state index < -0.39 is 0 Å². The summed E-state index contributed by atoms with van der Waals surface area (Å²) in [6.45, 7) is 0.830. The lowest BCUT2D eigenvalue weighted by molar-refractivity contribution is -0.116. The van der Waals surface area contributed by atoms with Gasteiger partial charge in [-0.05, 0) is 42.0 Å². The molecule has 5 heteroatoms. The molecule has 1 N–H and O–H groups in total. The Balaban J connectivity index is 1.60. The molecule has 0 fully saturated rings. The summed E-state index contributed by atoms with van der Waals surface area (Å²) in [5.41, 5.74) is 2.64. The zero-order valence-electron chi connectivity index (χ0n) is 12.3. The van der Waals surface area contributed by atoms with Gasteiger partial charge < -0.3 is 10.1 Å². The second-order valence-electron chi connectivity index (χ2n) is 5.06. The maximum Gasteiger partial charge on any atom is 0.244 e. The minimum absolute atomic E-state index is 0.173. The van der Waals surface area contributed by atoms with Gasteiger partial charge in [0.05, 0.1) is 12.2 Å². The van der Waals surface area contributed by atoms with Gasteiger partial charge in [0, 0.05) is 22.9 Å². The number of carbonyl (C=O) groups excluding carboxylic acids is 1. The van der Waals surface area contributed by atoms with Crippen LogP contribution in [0, 0.1) is 0 Å². The van der Waals surface area contributed by atoms with Crippen LogP contribution in [0.15, 0.2) is 60.3 Å². The fourth-order valence-electron chi connectivity index (χ4n) is 2.18. The number of aromatic nitrogens is 1. The van der Waals surface area contributed by atoms with Gasteiger partial charge in [-0.3, -0.25) is 9.78 Å². The molecule has 0 radical (unpaired) electrons. The first kappa shape index (κ1) is 15.3. The molecule has 0 saturated heterocycles. The van der Waals surface area contributed by atoms with Gasteiger partial charge >= 0.3 is 0 Å². The zero-order chi connectivity index (χ0) is 16.1. The van der Waals surface area contributed by atoms with Crippen LogP contribution in [0.5, 0.6) is 5.75 Å². The molecular weight excluding hydrogens is 312 g/mol. The van der Waals surface area contributed by atoms with Crippen LogP contribution in [0.1, 0.15) is 11.3 Å². The summed E-state index contributed by atoms with van der Waals surface area (Å²) in [6, 6.07) is 11.1. The van der Waals surface area contributed by atoms with E-state index in [-0.39, 0.29) is 5.91 Å². The van der Waals surface area contributed by atoms with Crippen LogP contribution in [0.25, 0.3) is 6.08 Å². The van der Waals surface area contributed by atoms with Crippen LogP contribution >= 0.6 is 11.6 Å². The second kappa shape index (κ2) is 7.11. The summed E-state index contributed by atoms with van der Waals surface area (Å²) >= 11 is 5.98. The molecule has 2 aromatic rings. The van der Waals surface area contributed by atoms with Crippen LogP contribution in [0.3, 0.4) is 0 Å². The van der Waals surface area contributed by atoms with Gasteiger partial charge in [0.1, 0.15) is 12.4 Å². The maximum atomic E-state index is 11.8. The molecular formula is C18H15ClN2O2. The molecule has 0 atom stereocenters. The van der Waals surface area contributed by atoms with Crippen LogP contribution in [-0.4, -0.2) is 17.5 Å². The van der Waals surface area contributed by atoms with Crippen molar-refractivity contribution < 1.29 is 9.53 Å². The summed E-state index contributed by atoms with van der Waals surface area (Å²) in [5, 5.41) is 3.44. The third-order valence-electron chi connectivity index (χ3n) is 3.33. The summed E-state index contributed by atoms with van der Waals surface area (Å²) < 4.78 is 5.63. The number of hydrogen-bond acceptors (Lipinski definition) is 3. The van der Waals surface area contributed by atoms with Crippen molar-refractivity contribution in [2.45, 2.75) is 6.54 Å². The highest BCUT2D eigenvalue weighted by atomic mass is 35.5. The highest BCUT2D eigenvalue weighted by Crippen LogP contribution is 2.29. The number of fused-ring (bicyclic) bond motifs is 1. The minimum atomic E-state index is -0.173. The Bertz CT molecular complexity index is 770. The number of hydrogen-bond donors (Lipinski definition) is 1. The number of ether oxygens (including phenoxy) is 1. The van der Waals surface area contributed by atoms with Crippen molar-refractivity contribution in [1.29, 1.82) is 0 Å². The highest BCUT2D eigenvalue weighted by molar-refractivity contribution is 6.30. The number of halogens is 1. The topological polar surface area (TPSA) is 51.2 Å². The second-order valence-corrected chi connectivity index (χ2v) is 5.50. The predicted octanol–water partition coefficient (Wildman–Crippen LogP) is 3.38. The van der Waals surface area contributed by atoms with E-state index in [9.17, 15) is 4.79 Å². The van der Waals surface area contributed by atoms with E-state index in [0.717, 1.165) is 22.6 Å². The van der Waals surface area contributed by atoms with Crippen molar-refractivity contribution in [2.24, 2.45) is 0 Å². The van der Waals surface area contributed by atoms with Crippen LogP contribution < -0.4 is 10.1 Å². The summed E-state index contributed by atoms with van der Waals surface area (Å²) in [6.07, 6.45) is 6.91. The summed E-state index contributed by atoms with van der Waals surface area (Å²) in [4.78, 5) is 16.0. The van der Waals surface area contributed by atoms with Crippen molar-refractivity contribution in [2.75, 3.05) is 6.61 Å². The van der Waals surface area contributed by atoms with E-state index in [0.29, 0.717) is 18.2 Å². The number of pyridine rings is 1. The van der Waals surface area contributed by atoms with E-state index >= 15 is 0 Å². The molecule has 1 aliphatic rings. The van der Waals surface area contributed by atoms with Gasteiger partial charge in [-0.25, -0.2) is 0 Å². The van der Waals surface area contributed by atoms with Gasteiger partial charge in [-0.2, -0.15) is 0 Å². The Labute approximate surface area is 139 Å². The molecule has 0 unspecified atom stereocenters. The number of carbonyl (C=O) groups is 1. The normalized spacial score (nSPS) is 13.2. The molecule has 1 amide bonds. The first-order valence-electron chi connectivity index (χ1n) is 7.19. The third-order valence-corrected chi connectivity index (χ3v) is 3.56. The molecule has 4 nitrogen and oxygen atoms in total. The van der Waals surface area contributed by atoms with Gasteiger partial charge in [0.2, 0.25) is 5.91 Å². The van der Waals surface area contributed by atoms with Crippen molar-refractivity contribution in [3.05, 3.63) is 76.6 Å². The van der Waals surface area contributed by atoms with Gasteiger partial charge in [-0.1, -0.05) is 23.7 Å². The lowest BCUT2D eigenvalue weighted by Gasteiger charge is -2.16. The van der Waals surface area contributed by atoms with E-state index in [2.05, 4.69) is 10.3 Å².